The lowest BCUT2D eigenvalue weighted by molar-refractivity contribution is 0.690. The summed E-state index contributed by atoms with van der Waals surface area (Å²) in [5.41, 5.74) is 3.25. The highest BCUT2D eigenvalue weighted by atomic mass is 35.5. The van der Waals surface area contributed by atoms with Crippen molar-refractivity contribution in [1.29, 1.82) is 0 Å². The van der Waals surface area contributed by atoms with Crippen LogP contribution in [0.15, 0.2) is 54.7 Å². The molecule has 134 valence electrons. The van der Waals surface area contributed by atoms with Gasteiger partial charge in [-0.1, -0.05) is 48.3 Å². The standard InChI is InChI=1S/C19H18Cl2N4S/c1-2-13-3-6-15(7-4-13)22-19(26)23-18-9-10-25(24-18)12-14-5-8-16(20)17(21)11-14/h3-11H,2,12H2,1H3,(H2,22,23,24,26). The van der Waals surface area contributed by atoms with Crippen molar-refractivity contribution in [1.82, 2.24) is 9.78 Å². The third-order valence-electron chi connectivity index (χ3n) is 3.83. The molecule has 0 radical (unpaired) electrons. The lowest BCUT2D eigenvalue weighted by Crippen LogP contribution is -2.19. The van der Waals surface area contributed by atoms with Crippen LogP contribution in [-0.4, -0.2) is 14.9 Å². The molecule has 3 rings (SSSR count). The van der Waals surface area contributed by atoms with Crippen molar-refractivity contribution in [3.63, 3.8) is 0 Å². The number of nitrogens with zero attached hydrogens (tertiary/aromatic N) is 2. The van der Waals surface area contributed by atoms with Crippen LogP contribution in [0, 0.1) is 0 Å². The Morgan fingerprint density at radius 1 is 1.00 bits per heavy atom. The van der Waals surface area contributed by atoms with Gasteiger partial charge in [0.2, 0.25) is 0 Å². The highest BCUT2D eigenvalue weighted by Crippen LogP contribution is 2.23. The summed E-state index contributed by atoms with van der Waals surface area (Å²) >= 11 is 17.3. The van der Waals surface area contributed by atoms with Gasteiger partial charge < -0.3 is 10.6 Å². The number of aromatic nitrogens is 2. The van der Waals surface area contributed by atoms with Crippen molar-refractivity contribution >= 4 is 52.0 Å². The molecule has 2 aromatic carbocycles. The number of anilines is 2. The van der Waals surface area contributed by atoms with Gasteiger partial charge in [0, 0.05) is 18.0 Å². The van der Waals surface area contributed by atoms with E-state index in [9.17, 15) is 0 Å². The molecular weight excluding hydrogens is 387 g/mol. The van der Waals surface area contributed by atoms with Crippen LogP contribution in [0.2, 0.25) is 10.0 Å². The third kappa shape index (κ3) is 4.97. The van der Waals surface area contributed by atoms with Gasteiger partial charge in [-0.15, -0.1) is 0 Å². The van der Waals surface area contributed by atoms with Crippen LogP contribution in [0.3, 0.4) is 0 Å². The summed E-state index contributed by atoms with van der Waals surface area (Å²) in [5, 5.41) is 12.3. The normalized spacial score (nSPS) is 10.6. The van der Waals surface area contributed by atoms with Gasteiger partial charge in [0.05, 0.1) is 16.6 Å². The molecule has 1 heterocycles. The highest BCUT2D eigenvalue weighted by molar-refractivity contribution is 7.80. The van der Waals surface area contributed by atoms with Crippen LogP contribution in [0.5, 0.6) is 0 Å². The first-order chi connectivity index (χ1) is 12.5. The molecule has 7 heteroatoms. The van der Waals surface area contributed by atoms with Gasteiger partial charge in [-0.3, -0.25) is 4.68 Å². The van der Waals surface area contributed by atoms with Crippen LogP contribution < -0.4 is 10.6 Å². The topological polar surface area (TPSA) is 41.9 Å². The minimum Gasteiger partial charge on any atom is -0.332 e. The predicted octanol–water partition coefficient (Wildman–Crippen LogP) is 5.61. The van der Waals surface area contributed by atoms with E-state index in [1.807, 2.05) is 36.5 Å². The van der Waals surface area contributed by atoms with E-state index in [0.29, 0.717) is 27.5 Å². The maximum atomic E-state index is 6.05. The van der Waals surface area contributed by atoms with Crippen LogP contribution >= 0.6 is 35.4 Å². The third-order valence-corrected chi connectivity index (χ3v) is 4.77. The summed E-state index contributed by atoms with van der Waals surface area (Å²) in [6.07, 6.45) is 2.89. The Morgan fingerprint density at radius 3 is 2.42 bits per heavy atom. The maximum Gasteiger partial charge on any atom is 0.176 e. The average molecular weight is 405 g/mol. The molecule has 26 heavy (non-hydrogen) atoms. The quantitative estimate of drug-likeness (QED) is 0.542. The zero-order chi connectivity index (χ0) is 18.5. The minimum atomic E-state index is 0.494. The summed E-state index contributed by atoms with van der Waals surface area (Å²) in [6.45, 7) is 2.72. The number of hydrogen-bond acceptors (Lipinski definition) is 2. The van der Waals surface area contributed by atoms with Gasteiger partial charge in [-0.25, -0.2) is 0 Å². The van der Waals surface area contributed by atoms with Crippen LogP contribution in [0.25, 0.3) is 0 Å². The van der Waals surface area contributed by atoms with Crippen LogP contribution in [-0.2, 0) is 13.0 Å². The molecule has 0 aliphatic carbocycles. The van der Waals surface area contributed by atoms with Crippen LogP contribution in [0.1, 0.15) is 18.1 Å². The molecule has 3 aromatic rings. The van der Waals surface area contributed by atoms with Gasteiger partial charge in [-0.05, 0) is 54.0 Å². The largest absolute Gasteiger partial charge is 0.332 e. The number of nitrogens with one attached hydrogen (secondary N) is 2. The van der Waals surface area contributed by atoms with E-state index in [2.05, 4.69) is 34.8 Å². The van der Waals surface area contributed by atoms with Gasteiger partial charge in [0.1, 0.15) is 0 Å². The number of aryl methyl sites for hydroxylation is 1. The van der Waals surface area contributed by atoms with Crippen LogP contribution in [0.4, 0.5) is 11.5 Å². The number of thiocarbonyl (C=S) groups is 1. The van der Waals surface area contributed by atoms with Crippen molar-refractivity contribution < 1.29 is 0 Å². The SMILES string of the molecule is CCc1ccc(NC(=S)Nc2ccn(Cc3ccc(Cl)c(Cl)c3)n2)cc1. The second kappa shape index (κ2) is 8.54. The van der Waals surface area contributed by atoms with Gasteiger partial charge >= 0.3 is 0 Å². The summed E-state index contributed by atoms with van der Waals surface area (Å²) < 4.78 is 1.81. The van der Waals surface area contributed by atoms with Gasteiger partial charge in [-0.2, -0.15) is 5.10 Å². The molecule has 2 N–H and O–H groups in total. The molecule has 0 bridgehead atoms. The second-order valence-electron chi connectivity index (χ2n) is 5.78. The molecule has 0 saturated carbocycles. The molecule has 0 atom stereocenters. The average Bonchev–Trinajstić information content (AvgIpc) is 3.05. The first-order valence-corrected chi connectivity index (χ1v) is 9.34. The number of hydrogen-bond donors (Lipinski definition) is 2. The smallest absolute Gasteiger partial charge is 0.176 e. The van der Waals surface area contributed by atoms with E-state index in [4.69, 9.17) is 35.4 Å². The monoisotopic (exact) mass is 404 g/mol. The molecule has 4 nitrogen and oxygen atoms in total. The second-order valence-corrected chi connectivity index (χ2v) is 7.00. The molecule has 0 fully saturated rings. The fraction of sp³-hybridized carbons (Fsp3) is 0.158. The van der Waals surface area contributed by atoms with E-state index in [1.54, 1.807) is 10.7 Å². The molecule has 0 amide bonds. The predicted molar refractivity (Wildman–Crippen MR) is 113 cm³/mol. The first-order valence-electron chi connectivity index (χ1n) is 8.18. The molecule has 0 saturated heterocycles. The Labute approximate surface area is 168 Å². The van der Waals surface area contributed by atoms with E-state index in [1.165, 1.54) is 5.56 Å². The minimum absolute atomic E-state index is 0.494. The van der Waals surface area contributed by atoms with Crippen molar-refractivity contribution in [2.24, 2.45) is 0 Å². The molecule has 0 aliphatic heterocycles. The molecule has 0 spiro atoms. The van der Waals surface area contributed by atoms with E-state index in [0.717, 1.165) is 17.7 Å². The molecule has 0 aliphatic rings. The van der Waals surface area contributed by atoms with Crippen molar-refractivity contribution in [3.8, 4) is 0 Å². The summed E-state index contributed by atoms with van der Waals surface area (Å²) in [6, 6.07) is 15.6. The number of halogens is 2. The molecular formula is C19H18Cl2N4S. The zero-order valence-corrected chi connectivity index (χ0v) is 16.5. The number of benzene rings is 2. The summed E-state index contributed by atoms with van der Waals surface area (Å²) in [7, 11) is 0. The highest BCUT2D eigenvalue weighted by Gasteiger charge is 2.05. The van der Waals surface area contributed by atoms with E-state index < -0.39 is 0 Å². The first kappa shape index (κ1) is 18.7. The molecule has 1 aromatic heterocycles. The maximum absolute atomic E-state index is 6.05. The lowest BCUT2D eigenvalue weighted by Gasteiger charge is -2.09. The Hall–Kier alpha value is -2.08. The lowest BCUT2D eigenvalue weighted by atomic mass is 10.1. The Morgan fingerprint density at radius 2 is 1.73 bits per heavy atom. The fourth-order valence-electron chi connectivity index (χ4n) is 2.44. The zero-order valence-electron chi connectivity index (χ0n) is 14.2. The Balaban J connectivity index is 1.58. The van der Waals surface area contributed by atoms with E-state index >= 15 is 0 Å². The van der Waals surface area contributed by atoms with Crippen molar-refractivity contribution in [2.45, 2.75) is 19.9 Å². The van der Waals surface area contributed by atoms with Gasteiger partial charge in [0.15, 0.2) is 10.9 Å². The fourth-order valence-corrected chi connectivity index (χ4v) is 2.99. The summed E-state index contributed by atoms with van der Waals surface area (Å²) in [5.74, 6) is 0.674. The summed E-state index contributed by atoms with van der Waals surface area (Å²) in [4.78, 5) is 0. The van der Waals surface area contributed by atoms with Crippen molar-refractivity contribution in [2.75, 3.05) is 10.6 Å². The number of rotatable bonds is 5. The van der Waals surface area contributed by atoms with Gasteiger partial charge in [0.25, 0.3) is 0 Å². The van der Waals surface area contributed by atoms with E-state index in [-0.39, 0.29) is 0 Å². The Bertz CT molecular complexity index is 906. The molecule has 0 unspecified atom stereocenters. The Kier molecular flexibility index (Phi) is 6.14. The van der Waals surface area contributed by atoms with Crippen molar-refractivity contribution in [3.05, 3.63) is 75.9 Å².